The van der Waals surface area contributed by atoms with E-state index in [4.69, 9.17) is 4.74 Å². The molecule has 21 heavy (non-hydrogen) atoms. The van der Waals surface area contributed by atoms with E-state index in [0.717, 1.165) is 24.0 Å². The van der Waals surface area contributed by atoms with Gasteiger partial charge in [0.1, 0.15) is 6.04 Å². The summed E-state index contributed by atoms with van der Waals surface area (Å²) < 4.78 is 4.84. The quantitative estimate of drug-likeness (QED) is 0.783. The summed E-state index contributed by atoms with van der Waals surface area (Å²) in [6.07, 6.45) is 4.37. The van der Waals surface area contributed by atoms with E-state index in [1.165, 1.54) is 7.11 Å². The molecule has 1 aromatic carbocycles. The molecule has 1 aromatic rings. The highest BCUT2D eigenvalue weighted by Crippen LogP contribution is 2.35. The third-order valence-electron chi connectivity index (χ3n) is 4.40. The molecule has 3 rings (SSSR count). The molecule has 2 aliphatic rings. The minimum atomic E-state index is -0.429. The van der Waals surface area contributed by atoms with Crippen molar-refractivity contribution in [3.63, 3.8) is 0 Å². The van der Waals surface area contributed by atoms with Crippen LogP contribution in [-0.2, 0) is 14.3 Å². The monoisotopic (exact) mass is 285 g/mol. The zero-order chi connectivity index (χ0) is 15.0. The molecular weight excluding hydrogens is 266 g/mol. The molecule has 1 saturated heterocycles. The van der Waals surface area contributed by atoms with Gasteiger partial charge in [-0.2, -0.15) is 0 Å². The van der Waals surface area contributed by atoms with Gasteiger partial charge in [-0.05, 0) is 31.7 Å². The molecule has 0 N–H and O–H groups in total. The number of carbonyl (C=O) groups excluding carboxylic acids is 2. The second-order valence-corrected chi connectivity index (χ2v) is 5.70. The number of fused-ring (bicyclic) bond motifs is 1. The zero-order valence-electron chi connectivity index (χ0n) is 12.3. The number of esters is 1. The second-order valence-electron chi connectivity index (χ2n) is 5.70. The van der Waals surface area contributed by atoms with E-state index < -0.39 is 6.04 Å². The van der Waals surface area contributed by atoms with Crippen molar-refractivity contribution < 1.29 is 14.3 Å². The van der Waals surface area contributed by atoms with E-state index in [1.54, 1.807) is 4.90 Å². The van der Waals surface area contributed by atoms with Gasteiger partial charge < -0.3 is 9.64 Å². The van der Waals surface area contributed by atoms with Gasteiger partial charge in [0.25, 0.3) is 5.91 Å². The van der Waals surface area contributed by atoms with Crippen molar-refractivity contribution in [2.24, 2.45) is 0 Å². The number of hydrogen-bond acceptors (Lipinski definition) is 3. The number of rotatable bonds is 2. The Balaban J connectivity index is 1.91. The number of methoxy groups -OCH3 is 1. The highest BCUT2D eigenvalue weighted by molar-refractivity contribution is 6.21. The van der Waals surface area contributed by atoms with Gasteiger partial charge in [-0.15, -0.1) is 0 Å². The first-order valence-corrected chi connectivity index (χ1v) is 7.29. The lowest BCUT2D eigenvalue weighted by Crippen LogP contribution is -2.47. The SMILES string of the molecule is COC(=O)[C@@H]1CC[C@@H]2CC=C(c3ccc(C)cc3)C(=O)N21. The molecule has 0 spiro atoms. The van der Waals surface area contributed by atoms with Crippen LogP contribution in [0.1, 0.15) is 30.4 Å². The number of nitrogens with zero attached hydrogens (tertiary/aromatic N) is 1. The summed E-state index contributed by atoms with van der Waals surface area (Å²) in [5.74, 6) is -0.362. The lowest BCUT2D eigenvalue weighted by Gasteiger charge is -2.32. The first-order valence-electron chi connectivity index (χ1n) is 7.29. The van der Waals surface area contributed by atoms with Crippen molar-refractivity contribution in [1.82, 2.24) is 4.90 Å². The molecule has 4 nitrogen and oxygen atoms in total. The maximum Gasteiger partial charge on any atom is 0.328 e. The van der Waals surface area contributed by atoms with Crippen LogP contribution in [0.15, 0.2) is 30.3 Å². The van der Waals surface area contributed by atoms with E-state index in [-0.39, 0.29) is 17.9 Å². The predicted molar refractivity (Wildman–Crippen MR) is 79.4 cm³/mol. The van der Waals surface area contributed by atoms with Gasteiger partial charge in [0.05, 0.1) is 7.11 Å². The van der Waals surface area contributed by atoms with E-state index in [0.29, 0.717) is 12.0 Å². The second kappa shape index (κ2) is 5.35. The Kier molecular flexibility index (Phi) is 3.53. The molecule has 2 atom stereocenters. The van der Waals surface area contributed by atoms with Crippen molar-refractivity contribution >= 4 is 17.4 Å². The van der Waals surface area contributed by atoms with Crippen molar-refractivity contribution in [2.45, 2.75) is 38.3 Å². The average Bonchev–Trinajstić information content (AvgIpc) is 2.93. The van der Waals surface area contributed by atoms with Crippen molar-refractivity contribution in [1.29, 1.82) is 0 Å². The number of aryl methyl sites for hydroxylation is 1. The van der Waals surface area contributed by atoms with E-state index in [2.05, 4.69) is 0 Å². The fraction of sp³-hybridized carbons (Fsp3) is 0.412. The summed E-state index contributed by atoms with van der Waals surface area (Å²) in [5, 5.41) is 0. The maximum atomic E-state index is 12.8. The summed E-state index contributed by atoms with van der Waals surface area (Å²) in [4.78, 5) is 26.4. The van der Waals surface area contributed by atoms with Gasteiger partial charge in [0, 0.05) is 11.6 Å². The number of carbonyl (C=O) groups is 2. The molecule has 2 heterocycles. The summed E-state index contributed by atoms with van der Waals surface area (Å²) in [7, 11) is 1.38. The van der Waals surface area contributed by atoms with Crippen molar-refractivity contribution in [3.05, 3.63) is 41.5 Å². The van der Waals surface area contributed by atoms with E-state index >= 15 is 0 Å². The van der Waals surface area contributed by atoms with Crippen molar-refractivity contribution in [2.75, 3.05) is 7.11 Å². The molecule has 2 aliphatic heterocycles. The fourth-order valence-corrected chi connectivity index (χ4v) is 3.24. The maximum absolute atomic E-state index is 12.8. The Morgan fingerprint density at radius 3 is 2.62 bits per heavy atom. The summed E-state index contributed by atoms with van der Waals surface area (Å²) in [6.45, 7) is 2.02. The fourth-order valence-electron chi connectivity index (χ4n) is 3.24. The Labute approximate surface area is 124 Å². The first-order chi connectivity index (χ1) is 10.1. The van der Waals surface area contributed by atoms with Crippen LogP contribution >= 0.6 is 0 Å². The highest BCUT2D eigenvalue weighted by Gasteiger charge is 2.44. The standard InChI is InChI=1S/C17H19NO3/c1-11-3-5-12(6-4-11)14-9-7-13-8-10-15(17(20)21-2)18(13)16(14)19/h3-6,9,13,15H,7-8,10H2,1-2H3/t13-,15-/m0/s1. The predicted octanol–water partition coefficient (Wildman–Crippen LogP) is 2.31. The Morgan fingerprint density at radius 2 is 1.95 bits per heavy atom. The number of ether oxygens (including phenoxy) is 1. The molecule has 0 saturated carbocycles. The van der Waals surface area contributed by atoms with Gasteiger partial charge in [-0.1, -0.05) is 35.9 Å². The summed E-state index contributed by atoms with van der Waals surface area (Å²) >= 11 is 0. The highest BCUT2D eigenvalue weighted by atomic mass is 16.5. The normalized spacial score (nSPS) is 24.6. The molecule has 1 fully saturated rings. The van der Waals surface area contributed by atoms with Gasteiger partial charge in [-0.25, -0.2) is 4.79 Å². The topological polar surface area (TPSA) is 46.6 Å². The third kappa shape index (κ3) is 2.35. The smallest absolute Gasteiger partial charge is 0.328 e. The largest absolute Gasteiger partial charge is 0.467 e. The van der Waals surface area contributed by atoms with Gasteiger partial charge in [0.2, 0.25) is 0 Å². The van der Waals surface area contributed by atoms with Crippen LogP contribution in [0.4, 0.5) is 0 Å². The van der Waals surface area contributed by atoms with Crippen LogP contribution in [0.2, 0.25) is 0 Å². The molecule has 4 heteroatoms. The molecule has 110 valence electrons. The molecule has 0 radical (unpaired) electrons. The van der Waals surface area contributed by atoms with Gasteiger partial charge >= 0.3 is 5.97 Å². The van der Waals surface area contributed by atoms with Crippen LogP contribution in [0.3, 0.4) is 0 Å². The Hall–Kier alpha value is -2.10. The molecular formula is C17H19NO3. The zero-order valence-corrected chi connectivity index (χ0v) is 12.3. The van der Waals surface area contributed by atoms with Crippen LogP contribution in [0.5, 0.6) is 0 Å². The Bertz CT molecular complexity index is 603. The summed E-state index contributed by atoms with van der Waals surface area (Å²) in [6, 6.07) is 7.62. The number of amides is 1. The van der Waals surface area contributed by atoms with Gasteiger partial charge in [0.15, 0.2) is 0 Å². The van der Waals surface area contributed by atoms with E-state index in [9.17, 15) is 9.59 Å². The first kappa shape index (κ1) is 13.9. The van der Waals surface area contributed by atoms with Crippen LogP contribution in [0.25, 0.3) is 5.57 Å². The minimum absolute atomic E-state index is 0.0528. The van der Waals surface area contributed by atoms with Gasteiger partial charge in [-0.3, -0.25) is 4.79 Å². The lowest BCUT2D eigenvalue weighted by molar-refractivity contribution is -0.150. The van der Waals surface area contributed by atoms with Crippen LogP contribution in [-0.4, -0.2) is 36.0 Å². The molecule has 0 aliphatic carbocycles. The lowest BCUT2D eigenvalue weighted by atomic mass is 9.96. The number of benzene rings is 1. The molecule has 0 aromatic heterocycles. The summed E-state index contributed by atoms with van der Waals surface area (Å²) in [5.41, 5.74) is 2.77. The number of hydrogen-bond donors (Lipinski definition) is 0. The average molecular weight is 285 g/mol. The minimum Gasteiger partial charge on any atom is -0.467 e. The molecule has 1 amide bonds. The van der Waals surface area contributed by atoms with Crippen LogP contribution in [0, 0.1) is 6.92 Å². The molecule has 0 unspecified atom stereocenters. The van der Waals surface area contributed by atoms with E-state index in [1.807, 2.05) is 37.3 Å². The molecule has 0 bridgehead atoms. The third-order valence-corrected chi connectivity index (χ3v) is 4.40. The van der Waals surface area contributed by atoms with Crippen LogP contribution < -0.4 is 0 Å². The Morgan fingerprint density at radius 1 is 1.24 bits per heavy atom. The van der Waals surface area contributed by atoms with Crippen molar-refractivity contribution in [3.8, 4) is 0 Å².